The molecule has 0 aliphatic carbocycles. The molecule has 0 fully saturated rings. The van der Waals surface area contributed by atoms with E-state index < -0.39 is 70.6 Å². The minimum atomic E-state index is -4.68. The number of rotatable bonds is 40. The Kier molecular flexibility index (Phi) is 38.9. The third-order valence-electron chi connectivity index (χ3n) is 9.05. The van der Waals surface area contributed by atoms with Crippen LogP contribution in [0.15, 0.2) is 72.9 Å². The molecule has 0 aromatic carbocycles. The van der Waals surface area contributed by atoms with Gasteiger partial charge in [-0.25, -0.2) is 4.57 Å². The van der Waals surface area contributed by atoms with Gasteiger partial charge in [-0.1, -0.05) is 138 Å². The Bertz CT molecular complexity index is 1240. The van der Waals surface area contributed by atoms with Gasteiger partial charge in [0.25, 0.3) is 0 Å². The second-order valence-corrected chi connectivity index (χ2v) is 16.1. The van der Waals surface area contributed by atoms with Crippen molar-refractivity contribution >= 4 is 19.8 Å². The smallest absolute Gasteiger partial charge is 0.462 e. The van der Waals surface area contributed by atoms with Gasteiger partial charge in [-0.2, -0.15) is 0 Å². The van der Waals surface area contributed by atoms with Gasteiger partial charge in [-0.15, -0.1) is 0 Å². The van der Waals surface area contributed by atoms with Crippen LogP contribution in [0, 0.1) is 0 Å². The highest BCUT2D eigenvalue weighted by atomic mass is 31.2. The van der Waals surface area contributed by atoms with Crippen molar-refractivity contribution in [2.45, 2.75) is 180 Å². The molecule has 0 amide bonds. The van der Waals surface area contributed by atoms with Gasteiger partial charge in [0.2, 0.25) is 0 Å². The molecule has 0 aliphatic heterocycles. The number of carbonyl (C=O) groups excluding carboxylic acids is 2. The van der Waals surface area contributed by atoms with Crippen LogP contribution in [-0.2, 0) is 32.7 Å². The van der Waals surface area contributed by atoms with Crippen LogP contribution < -0.4 is 0 Å². The number of esters is 2. The molecular formula is C46H79O12P. The lowest BCUT2D eigenvalue weighted by molar-refractivity contribution is -0.161. The molecule has 0 bridgehead atoms. The Balaban J connectivity index is 4.54. The Hall–Kier alpha value is -2.67. The van der Waals surface area contributed by atoms with Gasteiger partial charge in [-0.05, 0) is 77.0 Å². The van der Waals surface area contributed by atoms with Gasteiger partial charge in [0, 0.05) is 12.8 Å². The van der Waals surface area contributed by atoms with Crippen molar-refractivity contribution in [2.75, 3.05) is 26.4 Å². The summed E-state index contributed by atoms with van der Waals surface area (Å²) in [5, 5.41) is 38.7. The quantitative estimate of drug-likeness (QED) is 0.0170. The molecule has 5 atom stereocenters. The molecule has 340 valence electrons. The zero-order valence-corrected chi connectivity index (χ0v) is 37.1. The number of allylic oxidation sites excluding steroid dienone is 11. The third kappa shape index (κ3) is 39.2. The maximum Gasteiger partial charge on any atom is 0.472 e. The number of hydrogen-bond donors (Lipinski definition) is 5. The van der Waals surface area contributed by atoms with Crippen LogP contribution in [0.1, 0.15) is 155 Å². The third-order valence-corrected chi connectivity index (χ3v) is 10.00. The van der Waals surface area contributed by atoms with Crippen molar-refractivity contribution in [2.24, 2.45) is 0 Å². The summed E-state index contributed by atoms with van der Waals surface area (Å²) < 4.78 is 32.5. The maximum absolute atomic E-state index is 12.6. The fourth-order valence-electron chi connectivity index (χ4n) is 5.47. The van der Waals surface area contributed by atoms with Crippen LogP contribution in [0.3, 0.4) is 0 Å². The molecule has 12 nitrogen and oxygen atoms in total. The highest BCUT2D eigenvalue weighted by molar-refractivity contribution is 7.47. The molecule has 0 spiro atoms. The zero-order chi connectivity index (χ0) is 43.7. The van der Waals surface area contributed by atoms with Gasteiger partial charge < -0.3 is 34.8 Å². The molecular weight excluding hydrogens is 775 g/mol. The molecule has 13 heteroatoms. The summed E-state index contributed by atoms with van der Waals surface area (Å²) in [5.41, 5.74) is 0. The average molecular weight is 855 g/mol. The lowest BCUT2D eigenvalue weighted by atomic mass is 10.0. The fraction of sp³-hybridized carbons (Fsp3) is 0.696. The van der Waals surface area contributed by atoms with Crippen LogP contribution >= 0.6 is 7.82 Å². The van der Waals surface area contributed by atoms with Gasteiger partial charge in [-0.3, -0.25) is 18.6 Å². The van der Waals surface area contributed by atoms with E-state index in [1.54, 1.807) is 0 Å². The van der Waals surface area contributed by atoms with E-state index in [0.717, 1.165) is 64.2 Å². The summed E-state index contributed by atoms with van der Waals surface area (Å²) in [6, 6.07) is 0. The van der Waals surface area contributed by atoms with Crippen molar-refractivity contribution in [3.63, 3.8) is 0 Å². The van der Waals surface area contributed by atoms with Crippen molar-refractivity contribution in [3.8, 4) is 0 Å². The summed E-state index contributed by atoms with van der Waals surface area (Å²) in [6.45, 7) is 2.02. The first-order valence-electron chi connectivity index (χ1n) is 22.1. The van der Waals surface area contributed by atoms with E-state index in [1.807, 2.05) is 24.3 Å². The Labute approximate surface area is 355 Å². The number of phosphoric ester groups is 1. The van der Waals surface area contributed by atoms with Gasteiger partial charge in [0.15, 0.2) is 6.10 Å². The van der Waals surface area contributed by atoms with E-state index in [0.29, 0.717) is 32.1 Å². The predicted octanol–water partition coefficient (Wildman–Crippen LogP) is 9.61. The number of aliphatic hydroxyl groups is 4. The highest BCUT2D eigenvalue weighted by Gasteiger charge is 2.27. The SMILES string of the molecule is CCCCC/C=C\C/C=C\C/C=C\C/C=C\C/C=C\CCC(=O)O[C@H](COC(=O)CCCCCCC[C@@H](O)[C@H](O)C/C=C\CCCCC)COP(=O)(O)OC[C@@H](O)CO. The summed E-state index contributed by atoms with van der Waals surface area (Å²) >= 11 is 0. The molecule has 0 aliphatic rings. The van der Waals surface area contributed by atoms with Crippen molar-refractivity contribution in [3.05, 3.63) is 72.9 Å². The Morgan fingerprint density at radius 1 is 0.559 bits per heavy atom. The van der Waals surface area contributed by atoms with Crippen LogP contribution in [-0.4, -0.2) is 88.1 Å². The number of ether oxygens (including phenoxy) is 2. The standard InChI is InChI=1S/C46H79O12P/c1-3-5-7-9-11-12-13-14-15-16-17-18-19-20-21-22-23-27-32-36-46(52)58-42(40-57-59(53,54)56-38-41(48)37-47)39-55-45(51)35-31-28-24-26-30-34-44(50)43(49)33-29-25-10-8-6-4-2/h11-12,14-15,17-18,20-21,23,25,27,29,41-44,47-50H,3-10,13,16,19,22,24,26,28,30-40H2,1-2H3,(H,53,54)/b12-11-,15-14-,18-17-,21-20-,27-23-,29-25-/t41-,42+,43+,44+/m0/s1. The molecule has 59 heavy (non-hydrogen) atoms. The predicted molar refractivity (Wildman–Crippen MR) is 235 cm³/mol. The molecule has 1 unspecified atom stereocenters. The molecule has 0 saturated carbocycles. The molecule has 0 radical (unpaired) electrons. The highest BCUT2D eigenvalue weighted by Crippen LogP contribution is 2.43. The van der Waals surface area contributed by atoms with Crippen LogP contribution in [0.2, 0.25) is 0 Å². The number of phosphoric acid groups is 1. The van der Waals surface area contributed by atoms with Crippen molar-refractivity contribution < 1.29 is 58.0 Å². The number of carbonyl (C=O) groups is 2. The average Bonchev–Trinajstić information content (AvgIpc) is 3.22. The zero-order valence-electron chi connectivity index (χ0n) is 36.2. The number of unbranched alkanes of at least 4 members (excludes halogenated alkanes) is 10. The molecule has 0 heterocycles. The minimum Gasteiger partial charge on any atom is -0.462 e. The molecule has 0 saturated heterocycles. The monoisotopic (exact) mass is 855 g/mol. The van der Waals surface area contributed by atoms with Crippen LogP contribution in [0.5, 0.6) is 0 Å². The van der Waals surface area contributed by atoms with E-state index in [2.05, 4.69) is 67.0 Å². The first-order valence-corrected chi connectivity index (χ1v) is 23.6. The normalized spacial score (nSPS) is 15.6. The summed E-state index contributed by atoms with van der Waals surface area (Å²) in [6.07, 6.45) is 39.0. The van der Waals surface area contributed by atoms with Gasteiger partial charge in [0.1, 0.15) is 12.7 Å². The largest absolute Gasteiger partial charge is 0.472 e. The van der Waals surface area contributed by atoms with E-state index >= 15 is 0 Å². The molecule has 0 aromatic heterocycles. The van der Waals surface area contributed by atoms with E-state index in [4.69, 9.17) is 19.1 Å². The van der Waals surface area contributed by atoms with E-state index in [9.17, 15) is 34.4 Å². The lowest BCUT2D eigenvalue weighted by Gasteiger charge is -2.20. The molecule has 0 aromatic rings. The Morgan fingerprint density at radius 3 is 1.64 bits per heavy atom. The maximum atomic E-state index is 12.6. The lowest BCUT2D eigenvalue weighted by Crippen LogP contribution is -2.29. The van der Waals surface area contributed by atoms with E-state index in [1.165, 1.54) is 32.1 Å². The second kappa shape index (κ2) is 40.7. The van der Waals surface area contributed by atoms with Gasteiger partial charge in [0.05, 0.1) is 32.0 Å². The number of hydrogen-bond acceptors (Lipinski definition) is 11. The Morgan fingerprint density at radius 2 is 1.07 bits per heavy atom. The van der Waals surface area contributed by atoms with Crippen molar-refractivity contribution in [1.82, 2.24) is 0 Å². The van der Waals surface area contributed by atoms with E-state index in [-0.39, 0.29) is 12.8 Å². The van der Waals surface area contributed by atoms with Gasteiger partial charge >= 0.3 is 19.8 Å². The topological polar surface area (TPSA) is 189 Å². The number of aliphatic hydroxyl groups excluding tert-OH is 4. The molecule has 5 N–H and O–H groups in total. The first-order chi connectivity index (χ1) is 28.5. The van der Waals surface area contributed by atoms with Crippen molar-refractivity contribution in [1.29, 1.82) is 0 Å². The second-order valence-electron chi connectivity index (χ2n) is 14.7. The minimum absolute atomic E-state index is 0.0255. The summed E-state index contributed by atoms with van der Waals surface area (Å²) in [4.78, 5) is 35.0. The summed E-state index contributed by atoms with van der Waals surface area (Å²) in [5.74, 6) is -1.14. The van der Waals surface area contributed by atoms with Crippen LogP contribution in [0.25, 0.3) is 0 Å². The van der Waals surface area contributed by atoms with Crippen LogP contribution in [0.4, 0.5) is 0 Å². The first kappa shape index (κ1) is 56.3. The fourth-order valence-corrected chi connectivity index (χ4v) is 6.26. The summed E-state index contributed by atoms with van der Waals surface area (Å²) in [7, 11) is -4.68. The molecule has 0 rings (SSSR count).